The Balaban J connectivity index is 1.91. The Morgan fingerprint density at radius 2 is 2.00 bits per heavy atom. The van der Waals surface area contributed by atoms with Crippen LogP contribution in [-0.4, -0.2) is 19.7 Å². The van der Waals surface area contributed by atoms with Gasteiger partial charge in [0.25, 0.3) is 5.69 Å². The van der Waals surface area contributed by atoms with Gasteiger partial charge in [0.05, 0.1) is 16.8 Å². The van der Waals surface area contributed by atoms with Gasteiger partial charge in [-0.3, -0.25) is 14.8 Å². The Kier molecular flexibility index (Phi) is 3.03. The van der Waals surface area contributed by atoms with E-state index in [-0.39, 0.29) is 5.69 Å². The molecule has 2 aromatic heterocycles. The third-order valence-corrected chi connectivity index (χ3v) is 3.72. The summed E-state index contributed by atoms with van der Waals surface area (Å²) < 4.78 is 1.72. The predicted octanol–water partition coefficient (Wildman–Crippen LogP) is 3.12. The summed E-state index contributed by atoms with van der Waals surface area (Å²) in [6, 6.07) is 6.40. The minimum atomic E-state index is -0.410. The van der Waals surface area contributed by atoms with Gasteiger partial charge < -0.3 is 0 Å². The second-order valence-electron chi connectivity index (χ2n) is 4.24. The minimum absolute atomic E-state index is 0.0813. The van der Waals surface area contributed by atoms with E-state index in [0.29, 0.717) is 0 Å². The number of rotatable bonds is 3. The van der Waals surface area contributed by atoms with Crippen molar-refractivity contribution >= 4 is 17.0 Å². The molecule has 0 bridgehead atoms. The topological polar surface area (TPSA) is 73.8 Å². The van der Waals surface area contributed by atoms with E-state index in [9.17, 15) is 10.1 Å². The molecule has 0 radical (unpaired) electrons. The first-order chi connectivity index (χ1) is 9.63. The van der Waals surface area contributed by atoms with Crippen molar-refractivity contribution in [3.63, 3.8) is 0 Å². The zero-order valence-electron chi connectivity index (χ0n) is 10.6. The number of nitrogens with zero attached hydrogens (tertiary/aromatic N) is 4. The average Bonchev–Trinajstić information content (AvgIpc) is 3.07. The summed E-state index contributed by atoms with van der Waals surface area (Å²) in [6.45, 7) is 0. The van der Waals surface area contributed by atoms with E-state index in [2.05, 4.69) is 10.1 Å². The van der Waals surface area contributed by atoms with Crippen molar-refractivity contribution in [2.45, 2.75) is 0 Å². The van der Waals surface area contributed by atoms with Gasteiger partial charge in [0, 0.05) is 41.9 Å². The molecule has 0 spiro atoms. The second-order valence-corrected chi connectivity index (χ2v) is 5.10. The molecule has 0 unspecified atom stereocenters. The smallest absolute Gasteiger partial charge is 0.269 e. The van der Waals surface area contributed by atoms with Crippen LogP contribution < -0.4 is 0 Å². The van der Waals surface area contributed by atoms with E-state index in [4.69, 9.17) is 0 Å². The van der Waals surface area contributed by atoms with E-state index >= 15 is 0 Å². The summed E-state index contributed by atoms with van der Waals surface area (Å²) in [5, 5.41) is 17.5. The molecule has 0 amide bonds. The highest BCUT2D eigenvalue weighted by Gasteiger charge is 2.10. The van der Waals surface area contributed by atoms with Crippen LogP contribution in [0.1, 0.15) is 0 Å². The Hall–Kier alpha value is -2.54. The maximum Gasteiger partial charge on any atom is 0.269 e. The standard InChI is InChI=1S/C13H10N4O2S/c1-16-7-10(6-14-16)12-8-20-13(15-12)9-2-4-11(5-3-9)17(18)19/h2-8H,1H3. The maximum absolute atomic E-state index is 10.6. The third kappa shape index (κ3) is 2.30. The number of non-ortho nitro benzene ring substituents is 1. The van der Waals surface area contributed by atoms with Crippen molar-refractivity contribution in [2.75, 3.05) is 0 Å². The average molecular weight is 286 g/mol. The fourth-order valence-corrected chi connectivity index (χ4v) is 2.65. The Morgan fingerprint density at radius 1 is 1.25 bits per heavy atom. The molecule has 100 valence electrons. The summed E-state index contributed by atoms with van der Waals surface area (Å²) in [5.74, 6) is 0. The minimum Gasteiger partial charge on any atom is -0.275 e. The normalized spacial score (nSPS) is 10.7. The van der Waals surface area contributed by atoms with E-state index < -0.39 is 4.92 Å². The number of aryl methyl sites for hydroxylation is 1. The van der Waals surface area contributed by atoms with Gasteiger partial charge in [-0.2, -0.15) is 5.10 Å². The highest BCUT2D eigenvalue weighted by atomic mass is 32.1. The van der Waals surface area contributed by atoms with Gasteiger partial charge >= 0.3 is 0 Å². The molecule has 7 heteroatoms. The van der Waals surface area contributed by atoms with Crippen LogP contribution >= 0.6 is 11.3 Å². The van der Waals surface area contributed by atoms with E-state index in [0.717, 1.165) is 21.8 Å². The van der Waals surface area contributed by atoms with Crippen LogP contribution in [0.4, 0.5) is 5.69 Å². The van der Waals surface area contributed by atoms with Crippen LogP contribution in [0.2, 0.25) is 0 Å². The Morgan fingerprint density at radius 3 is 2.60 bits per heavy atom. The molecule has 0 atom stereocenters. The first-order valence-corrected chi connectivity index (χ1v) is 6.71. The third-order valence-electron chi connectivity index (χ3n) is 2.83. The van der Waals surface area contributed by atoms with Crippen molar-refractivity contribution in [2.24, 2.45) is 7.05 Å². The zero-order valence-corrected chi connectivity index (χ0v) is 11.4. The summed E-state index contributed by atoms with van der Waals surface area (Å²) >= 11 is 1.50. The number of aromatic nitrogens is 3. The van der Waals surface area contributed by atoms with Gasteiger partial charge in [0.1, 0.15) is 5.01 Å². The van der Waals surface area contributed by atoms with Crippen molar-refractivity contribution < 1.29 is 4.92 Å². The second kappa shape index (κ2) is 4.86. The molecule has 0 aliphatic heterocycles. The molecule has 0 N–H and O–H groups in total. The van der Waals surface area contributed by atoms with Crippen molar-refractivity contribution in [3.8, 4) is 21.8 Å². The lowest BCUT2D eigenvalue weighted by Crippen LogP contribution is -1.87. The van der Waals surface area contributed by atoms with E-state index in [1.165, 1.54) is 23.5 Å². The monoisotopic (exact) mass is 286 g/mol. The van der Waals surface area contributed by atoms with E-state index in [1.807, 2.05) is 18.6 Å². The fourth-order valence-electron chi connectivity index (χ4n) is 1.82. The van der Waals surface area contributed by atoms with Gasteiger partial charge in [-0.25, -0.2) is 4.98 Å². The largest absolute Gasteiger partial charge is 0.275 e. The first-order valence-electron chi connectivity index (χ1n) is 5.83. The number of thiazole rings is 1. The quantitative estimate of drug-likeness (QED) is 0.547. The van der Waals surface area contributed by atoms with Crippen LogP contribution in [0, 0.1) is 10.1 Å². The number of hydrogen-bond acceptors (Lipinski definition) is 5. The molecule has 0 fully saturated rings. The molecule has 3 aromatic rings. The number of nitro groups is 1. The lowest BCUT2D eigenvalue weighted by molar-refractivity contribution is -0.384. The molecule has 2 heterocycles. The molecule has 0 saturated heterocycles. The van der Waals surface area contributed by atoms with Gasteiger partial charge in [-0.05, 0) is 12.1 Å². The van der Waals surface area contributed by atoms with Crippen LogP contribution in [0.3, 0.4) is 0 Å². The molecule has 3 rings (SSSR count). The zero-order chi connectivity index (χ0) is 14.1. The highest BCUT2D eigenvalue weighted by molar-refractivity contribution is 7.13. The van der Waals surface area contributed by atoms with Gasteiger partial charge in [0.15, 0.2) is 0 Å². The molecule has 0 saturated carbocycles. The SMILES string of the molecule is Cn1cc(-c2csc(-c3ccc([N+](=O)[O-])cc3)n2)cn1. The maximum atomic E-state index is 10.6. The molecule has 0 aliphatic rings. The summed E-state index contributed by atoms with van der Waals surface area (Å²) in [5.41, 5.74) is 2.77. The first kappa shape index (κ1) is 12.5. The molecule has 6 nitrogen and oxygen atoms in total. The Bertz CT molecular complexity index is 761. The Labute approximate surface area is 118 Å². The summed E-state index contributed by atoms with van der Waals surface area (Å²) in [4.78, 5) is 14.7. The predicted molar refractivity (Wildman–Crippen MR) is 76.4 cm³/mol. The van der Waals surface area contributed by atoms with Crippen molar-refractivity contribution in [1.82, 2.24) is 14.8 Å². The number of benzene rings is 1. The highest BCUT2D eigenvalue weighted by Crippen LogP contribution is 2.29. The van der Waals surface area contributed by atoms with Crippen LogP contribution in [0.5, 0.6) is 0 Å². The molecular formula is C13H10N4O2S. The molecular weight excluding hydrogens is 276 g/mol. The lowest BCUT2D eigenvalue weighted by atomic mass is 10.2. The molecule has 20 heavy (non-hydrogen) atoms. The molecule has 0 aliphatic carbocycles. The molecule has 1 aromatic carbocycles. The van der Waals surface area contributed by atoms with Crippen molar-refractivity contribution in [3.05, 3.63) is 52.2 Å². The van der Waals surface area contributed by atoms with Crippen LogP contribution in [0.25, 0.3) is 21.8 Å². The van der Waals surface area contributed by atoms with Gasteiger partial charge in [-0.15, -0.1) is 11.3 Å². The fraction of sp³-hybridized carbons (Fsp3) is 0.0769. The summed E-state index contributed by atoms with van der Waals surface area (Å²) in [6.07, 6.45) is 3.66. The van der Waals surface area contributed by atoms with Crippen LogP contribution in [0.15, 0.2) is 42.0 Å². The van der Waals surface area contributed by atoms with E-state index in [1.54, 1.807) is 23.0 Å². The van der Waals surface area contributed by atoms with Crippen LogP contribution in [-0.2, 0) is 7.05 Å². The number of hydrogen-bond donors (Lipinski definition) is 0. The van der Waals surface area contributed by atoms with Crippen molar-refractivity contribution in [1.29, 1.82) is 0 Å². The lowest BCUT2D eigenvalue weighted by Gasteiger charge is -1.95. The van der Waals surface area contributed by atoms with Gasteiger partial charge in [-0.1, -0.05) is 0 Å². The summed E-state index contributed by atoms with van der Waals surface area (Å²) in [7, 11) is 1.85. The van der Waals surface area contributed by atoms with Gasteiger partial charge in [0.2, 0.25) is 0 Å². The number of nitro benzene ring substituents is 1.